The Morgan fingerprint density at radius 1 is 1.12 bits per heavy atom. The van der Waals surface area contributed by atoms with Gasteiger partial charge in [-0.05, 0) is 35.7 Å². The number of fused-ring (bicyclic) bond motifs is 3. The minimum absolute atomic E-state index is 0.0286. The Labute approximate surface area is 159 Å². The summed E-state index contributed by atoms with van der Waals surface area (Å²) < 4.78 is 20.6. The van der Waals surface area contributed by atoms with Gasteiger partial charge in [0, 0.05) is 17.0 Å². The minimum Gasteiger partial charge on any atom is -0.464 e. The zero-order chi connectivity index (χ0) is 17.7. The van der Waals surface area contributed by atoms with Gasteiger partial charge in [-0.15, -0.1) is 11.3 Å². The molecule has 3 nitrogen and oxygen atoms in total. The Hall–Kier alpha value is -2.37. The van der Waals surface area contributed by atoms with E-state index in [0.717, 1.165) is 28.3 Å². The average molecular weight is 385 g/mol. The molecule has 2 unspecified atom stereocenters. The lowest BCUT2D eigenvalue weighted by molar-refractivity contribution is -0.0211. The molecule has 0 saturated heterocycles. The Balaban J connectivity index is 1.64. The van der Waals surface area contributed by atoms with E-state index in [9.17, 15) is 4.39 Å². The maximum absolute atomic E-state index is 14.5. The topological polar surface area (TPSA) is 24.8 Å². The molecule has 0 bridgehead atoms. The van der Waals surface area contributed by atoms with Crippen molar-refractivity contribution in [3.05, 3.63) is 86.8 Å². The third-order valence-electron chi connectivity index (χ3n) is 4.73. The summed E-state index contributed by atoms with van der Waals surface area (Å²) >= 11 is 7.86. The van der Waals surface area contributed by atoms with Gasteiger partial charge in [0.2, 0.25) is 6.23 Å². The lowest BCUT2D eigenvalue weighted by atomic mass is 9.97. The summed E-state index contributed by atoms with van der Waals surface area (Å²) in [6, 6.07) is 16.3. The third-order valence-corrected chi connectivity index (χ3v) is 5.88. The lowest BCUT2D eigenvalue weighted by Crippen LogP contribution is -2.34. The third kappa shape index (κ3) is 2.50. The summed E-state index contributed by atoms with van der Waals surface area (Å²) in [5.41, 5.74) is 2.46. The fourth-order valence-electron chi connectivity index (χ4n) is 3.53. The number of hydrazone groups is 1. The lowest BCUT2D eigenvalue weighted by Gasteiger charge is -2.38. The first-order valence-electron chi connectivity index (χ1n) is 8.31. The first kappa shape index (κ1) is 15.9. The molecule has 3 aromatic rings. The molecule has 0 N–H and O–H groups in total. The summed E-state index contributed by atoms with van der Waals surface area (Å²) in [5, 5.41) is 9.36. The molecule has 26 heavy (non-hydrogen) atoms. The van der Waals surface area contributed by atoms with Crippen molar-refractivity contribution in [2.75, 3.05) is 0 Å². The van der Waals surface area contributed by atoms with E-state index in [1.54, 1.807) is 29.5 Å². The molecule has 0 saturated carbocycles. The van der Waals surface area contributed by atoms with Gasteiger partial charge in [0.15, 0.2) is 0 Å². The molecule has 130 valence electrons. The predicted octanol–water partition coefficient (Wildman–Crippen LogP) is 5.78. The van der Waals surface area contributed by atoms with E-state index in [0.29, 0.717) is 10.6 Å². The van der Waals surface area contributed by atoms with E-state index < -0.39 is 6.23 Å². The van der Waals surface area contributed by atoms with Gasteiger partial charge in [0.05, 0.1) is 22.2 Å². The molecule has 0 spiro atoms. The van der Waals surface area contributed by atoms with Gasteiger partial charge in [-0.3, -0.25) is 0 Å². The van der Waals surface area contributed by atoms with Crippen molar-refractivity contribution in [1.82, 2.24) is 5.01 Å². The van der Waals surface area contributed by atoms with E-state index in [4.69, 9.17) is 21.4 Å². The molecule has 2 atom stereocenters. The monoisotopic (exact) mass is 384 g/mol. The van der Waals surface area contributed by atoms with Gasteiger partial charge in [0.25, 0.3) is 0 Å². The second-order valence-corrected chi connectivity index (χ2v) is 7.68. The van der Waals surface area contributed by atoms with E-state index in [1.165, 1.54) is 6.07 Å². The van der Waals surface area contributed by atoms with E-state index in [1.807, 2.05) is 34.7 Å². The molecule has 2 aliphatic heterocycles. The number of benzene rings is 2. The highest BCUT2D eigenvalue weighted by molar-refractivity contribution is 7.12. The fourth-order valence-corrected chi connectivity index (χ4v) is 4.43. The number of nitrogens with zero attached hydrogens (tertiary/aromatic N) is 2. The smallest absolute Gasteiger partial charge is 0.216 e. The molecular formula is C20H14ClFN2OS. The van der Waals surface area contributed by atoms with Crippen molar-refractivity contribution >= 4 is 28.6 Å². The van der Waals surface area contributed by atoms with Gasteiger partial charge >= 0.3 is 0 Å². The summed E-state index contributed by atoms with van der Waals surface area (Å²) in [7, 11) is 0. The summed E-state index contributed by atoms with van der Waals surface area (Å²) in [6.45, 7) is 0. The Morgan fingerprint density at radius 2 is 2.00 bits per heavy atom. The van der Waals surface area contributed by atoms with Crippen molar-refractivity contribution in [3.8, 4) is 5.75 Å². The summed E-state index contributed by atoms with van der Waals surface area (Å²) in [6.07, 6.45) is 0.134. The summed E-state index contributed by atoms with van der Waals surface area (Å²) in [4.78, 5) is 1.12. The van der Waals surface area contributed by atoms with Gasteiger partial charge in [-0.25, -0.2) is 9.40 Å². The molecule has 6 heteroatoms. The number of thiophene rings is 1. The SMILES string of the molecule is Fc1ccccc1C1Oc2ccc(Cl)cc2C2CC(c3cccs3)=NN21. The molecule has 0 aliphatic carbocycles. The molecule has 2 aliphatic rings. The van der Waals surface area contributed by atoms with Gasteiger partial charge in [0.1, 0.15) is 11.6 Å². The van der Waals surface area contributed by atoms with Crippen LogP contribution in [0.15, 0.2) is 65.1 Å². The van der Waals surface area contributed by atoms with Crippen LogP contribution in [0.3, 0.4) is 0 Å². The standard InChI is InChI=1S/C20H14ClFN2OS/c21-12-7-8-18-14(10-12)17-11-16(19-6-3-9-26-19)23-24(17)20(25-18)13-4-1-2-5-15(13)22/h1-10,17,20H,11H2. The molecule has 1 aromatic heterocycles. The number of ether oxygens (including phenoxy) is 1. The highest BCUT2D eigenvalue weighted by atomic mass is 35.5. The number of hydrogen-bond donors (Lipinski definition) is 0. The van der Waals surface area contributed by atoms with Crippen LogP contribution in [0.1, 0.15) is 34.7 Å². The second kappa shape index (κ2) is 6.11. The van der Waals surface area contributed by atoms with Crippen LogP contribution < -0.4 is 4.74 Å². The van der Waals surface area contributed by atoms with Gasteiger partial charge < -0.3 is 4.74 Å². The fraction of sp³-hybridized carbons (Fsp3) is 0.150. The van der Waals surface area contributed by atoms with Crippen LogP contribution in [-0.2, 0) is 0 Å². The van der Waals surface area contributed by atoms with Crippen LogP contribution in [0, 0.1) is 5.82 Å². The van der Waals surface area contributed by atoms with E-state index in [-0.39, 0.29) is 11.9 Å². The van der Waals surface area contributed by atoms with E-state index >= 15 is 0 Å². The van der Waals surface area contributed by atoms with Crippen LogP contribution >= 0.6 is 22.9 Å². The Bertz CT molecular complexity index is 1000. The van der Waals surface area contributed by atoms with Crippen molar-refractivity contribution in [3.63, 3.8) is 0 Å². The van der Waals surface area contributed by atoms with Crippen LogP contribution in [0.25, 0.3) is 0 Å². The average Bonchev–Trinajstić information content (AvgIpc) is 3.31. The van der Waals surface area contributed by atoms with Crippen LogP contribution in [0.5, 0.6) is 5.75 Å². The second-order valence-electron chi connectivity index (χ2n) is 6.30. The van der Waals surface area contributed by atoms with Gasteiger partial charge in [-0.2, -0.15) is 5.10 Å². The molecule has 2 aromatic carbocycles. The predicted molar refractivity (Wildman–Crippen MR) is 101 cm³/mol. The first-order valence-corrected chi connectivity index (χ1v) is 9.57. The zero-order valence-electron chi connectivity index (χ0n) is 13.6. The molecule has 5 rings (SSSR count). The summed E-state index contributed by atoms with van der Waals surface area (Å²) in [5.74, 6) is 0.431. The molecule has 0 fully saturated rings. The highest BCUT2D eigenvalue weighted by Crippen LogP contribution is 2.48. The number of hydrogen-bond acceptors (Lipinski definition) is 4. The minimum atomic E-state index is -0.604. The molecular weight excluding hydrogens is 371 g/mol. The molecule has 3 heterocycles. The van der Waals surface area contributed by atoms with Crippen LogP contribution in [0.2, 0.25) is 5.02 Å². The van der Waals surface area contributed by atoms with Crippen LogP contribution in [0.4, 0.5) is 4.39 Å². The van der Waals surface area contributed by atoms with E-state index in [2.05, 4.69) is 6.07 Å². The van der Waals surface area contributed by atoms with Crippen molar-refractivity contribution in [2.24, 2.45) is 5.10 Å². The first-order chi connectivity index (χ1) is 12.7. The van der Waals surface area contributed by atoms with Gasteiger partial charge in [-0.1, -0.05) is 35.9 Å². The zero-order valence-corrected chi connectivity index (χ0v) is 15.2. The largest absolute Gasteiger partial charge is 0.464 e. The normalized spacial score (nSPS) is 21.0. The maximum atomic E-state index is 14.5. The highest BCUT2D eigenvalue weighted by Gasteiger charge is 2.42. The van der Waals surface area contributed by atoms with Crippen molar-refractivity contribution in [1.29, 1.82) is 0 Å². The Morgan fingerprint density at radius 3 is 2.81 bits per heavy atom. The number of halogens is 2. The Kier molecular flexibility index (Phi) is 3.72. The maximum Gasteiger partial charge on any atom is 0.216 e. The quantitative estimate of drug-likeness (QED) is 0.559. The van der Waals surface area contributed by atoms with Crippen molar-refractivity contribution < 1.29 is 9.13 Å². The number of rotatable bonds is 2. The molecule has 0 amide bonds. The van der Waals surface area contributed by atoms with Crippen LogP contribution in [-0.4, -0.2) is 10.7 Å². The van der Waals surface area contributed by atoms with Crippen molar-refractivity contribution in [2.45, 2.75) is 18.7 Å². The molecule has 0 radical (unpaired) electrons.